The van der Waals surface area contributed by atoms with Gasteiger partial charge in [-0.3, -0.25) is 4.68 Å². The van der Waals surface area contributed by atoms with Crippen molar-refractivity contribution < 1.29 is 4.74 Å². The predicted octanol–water partition coefficient (Wildman–Crippen LogP) is 1.86. The molecule has 0 fully saturated rings. The van der Waals surface area contributed by atoms with Crippen LogP contribution >= 0.6 is 0 Å². The highest BCUT2D eigenvalue weighted by molar-refractivity contribution is 5.75. The number of methoxy groups -OCH3 is 1. The maximum Gasteiger partial charge on any atom is 0.119 e. The number of aryl methyl sites for hydroxylation is 1. The Hall–Kier alpha value is -2.01. The molecule has 0 saturated heterocycles. The van der Waals surface area contributed by atoms with E-state index in [4.69, 9.17) is 10.5 Å². The summed E-state index contributed by atoms with van der Waals surface area (Å²) in [6, 6.07) is 7.96. The molecule has 1 aromatic heterocycles. The summed E-state index contributed by atoms with van der Waals surface area (Å²) in [6.45, 7) is 1.53. The zero-order valence-electron chi connectivity index (χ0n) is 11.4. The molecule has 0 aliphatic rings. The fourth-order valence-electron chi connectivity index (χ4n) is 2.00. The monoisotopic (exact) mass is 260 g/mol. The molecule has 102 valence electrons. The SMILES string of the molecule is COc1cccc(-c2c(NCCCN)cnn2C)c1. The van der Waals surface area contributed by atoms with Crippen LogP contribution in [0, 0.1) is 0 Å². The number of anilines is 1. The molecule has 0 aliphatic carbocycles. The van der Waals surface area contributed by atoms with E-state index in [1.165, 1.54) is 0 Å². The number of hydrogen-bond donors (Lipinski definition) is 2. The molecule has 0 spiro atoms. The maximum atomic E-state index is 5.51. The van der Waals surface area contributed by atoms with Gasteiger partial charge in [0.15, 0.2) is 0 Å². The van der Waals surface area contributed by atoms with Crippen LogP contribution in [0.15, 0.2) is 30.5 Å². The van der Waals surface area contributed by atoms with Crippen LogP contribution < -0.4 is 15.8 Å². The van der Waals surface area contributed by atoms with Crippen molar-refractivity contribution in [3.63, 3.8) is 0 Å². The van der Waals surface area contributed by atoms with Gasteiger partial charge in [0.05, 0.1) is 24.7 Å². The molecule has 0 radical (unpaired) electrons. The van der Waals surface area contributed by atoms with E-state index in [2.05, 4.69) is 10.4 Å². The second kappa shape index (κ2) is 6.24. The van der Waals surface area contributed by atoms with E-state index in [0.717, 1.165) is 35.7 Å². The summed E-state index contributed by atoms with van der Waals surface area (Å²) in [5.41, 5.74) is 8.66. The number of ether oxygens (including phenoxy) is 1. The van der Waals surface area contributed by atoms with E-state index >= 15 is 0 Å². The van der Waals surface area contributed by atoms with E-state index in [9.17, 15) is 0 Å². The van der Waals surface area contributed by atoms with Gasteiger partial charge < -0.3 is 15.8 Å². The smallest absolute Gasteiger partial charge is 0.119 e. The highest BCUT2D eigenvalue weighted by atomic mass is 16.5. The fraction of sp³-hybridized carbons (Fsp3) is 0.357. The van der Waals surface area contributed by atoms with E-state index in [-0.39, 0.29) is 0 Å². The Morgan fingerprint density at radius 1 is 1.42 bits per heavy atom. The Bertz CT molecular complexity index is 536. The van der Waals surface area contributed by atoms with Crippen molar-refractivity contribution in [3.8, 4) is 17.0 Å². The summed E-state index contributed by atoms with van der Waals surface area (Å²) in [5, 5.41) is 7.68. The minimum atomic E-state index is 0.682. The zero-order valence-corrected chi connectivity index (χ0v) is 11.4. The number of aromatic nitrogens is 2. The second-order valence-electron chi connectivity index (χ2n) is 4.33. The molecule has 0 saturated carbocycles. The minimum absolute atomic E-state index is 0.682. The first-order chi connectivity index (χ1) is 9.26. The van der Waals surface area contributed by atoms with Gasteiger partial charge in [-0.25, -0.2) is 0 Å². The third kappa shape index (κ3) is 3.06. The normalized spacial score (nSPS) is 10.5. The van der Waals surface area contributed by atoms with Crippen LogP contribution in [0.4, 0.5) is 5.69 Å². The van der Waals surface area contributed by atoms with Gasteiger partial charge in [-0.1, -0.05) is 12.1 Å². The fourth-order valence-corrected chi connectivity index (χ4v) is 2.00. The molecule has 0 unspecified atom stereocenters. The molecule has 3 N–H and O–H groups in total. The molecular weight excluding hydrogens is 240 g/mol. The number of benzene rings is 1. The molecule has 1 heterocycles. The quantitative estimate of drug-likeness (QED) is 0.778. The standard InChI is InChI=1S/C14H20N4O/c1-18-14(11-5-3-6-12(9-11)19-2)13(10-17-18)16-8-4-7-15/h3,5-6,9-10,16H,4,7-8,15H2,1-2H3. The largest absolute Gasteiger partial charge is 0.497 e. The van der Waals surface area contributed by atoms with Crippen LogP contribution in [0.5, 0.6) is 5.75 Å². The Balaban J connectivity index is 2.29. The van der Waals surface area contributed by atoms with E-state index in [1.54, 1.807) is 7.11 Å². The lowest BCUT2D eigenvalue weighted by molar-refractivity contribution is 0.415. The van der Waals surface area contributed by atoms with Crippen LogP contribution in [-0.4, -0.2) is 30.0 Å². The number of nitrogens with one attached hydrogen (secondary N) is 1. The molecular formula is C14H20N4O. The zero-order chi connectivity index (χ0) is 13.7. The predicted molar refractivity (Wildman–Crippen MR) is 77.4 cm³/mol. The van der Waals surface area contributed by atoms with Gasteiger partial charge in [-0.2, -0.15) is 5.10 Å². The molecule has 0 bridgehead atoms. The van der Waals surface area contributed by atoms with Gasteiger partial charge in [-0.05, 0) is 25.1 Å². The van der Waals surface area contributed by atoms with Crippen LogP contribution in [0.3, 0.4) is 0 Å². The lowest BCUT2D eigenvalue weighted by Crippen LogP contribution is -2.08. The Labute approximate surface area is 113 Å². The molecule has 19 heavy (non-hydrogen) atoms. The van der Waals surface area contributed by atoms with Crippen LogP contribution in [-0.2, 0) is 7.05 Å². The molecule has 0 atom stereocenters. The van der Waals surface area contributed by atoms with Crippen molar-refractivity contribution in [1.82, 2.24) is 9.78 Å². The summed E-state index contributed by atoms with van der Waals surface area (Å²) < 4.78 is 7.13. The van der Waals surface area contributed by atoms with Gasteiger partial charge in [0.1, 0.15) is 5.75 Å². The second-order valence-corrected chi connectivity index (χ2v) is 4.33. The summed E-state index contributed by atoms with van der Waals surface area (Å²) in [6.07, 6.45) is 2.78. The summed E-state index contributed by atoms with van der Waals surface area (Å²) >= 11 is 0. The third-order valence-electron chi connectivity index (χ3n) is 2.98. The van der Waals surface area contributed by atoms with Crippen molar-refractivity contribution in [2.45, 2.75) is 6.42 Å². The van der Waals surface area contributed by atoms with E-state index in [1.807, 2.05) is 42.2 Å². The molecule has 0 amide bonds. The molecule has 1 aromatic carbocycles. The molecule has 0 aliphatic heterocycles. The Morgan fingerprint density at radius 2 is 2.26 bits per heavy atom. The molecule has 2 rings (SSSR count). The first-order valence-electron chi connectivity index (χ1n) is 6.36. The highest BCUT2D eigenvalue weighted by Gasteiger charge is 2.11. The van der Waals surface area contributed by atoms with Crippen molar-refractivity contribution in [3.05, 3.63) is 30.5 Å². The third-order valence-corrected chi connectivity index (χ3v) is 2.98. The van der Waals surface area contributed by atoms with Gasteiger partial charge in [-0.15, -0.1) is 0 Å². The van der Waals surface area contributed by atoms with E-state index in [0.29, 0.717) is 6.54 Å². The number of hydrogen-bond acceptors (Lipinski definition) is 4. The van der Waals surface area contributed by atoms with Crippen molar-refractivity contribution >= 4 is 5.69 Å². The maximum absolute atomic E-state index is 5.51. The van der Waals surface area contributed by atoms with Crippen molar-refractivity contribution in [2.75, 3.05) is 25.5 Å². The van der Waals surface area contributed by atoms with Crippen LogP contribution in [0.25, 0.3) is 11.3 Å². The molecule has 5 nitrogen and oxygen atoms in total. The molecule has 2 aromatic rings. The lowest BCUT2D eigenvalue weighted by Gasteiger charge is -2.09. The van der Waals surface area contributed by atoms with Crippen molar-refractivity contribution in [1.29, 1.82) is 0 Å². The first-order valence-corrected chi connectivity index (χ1v) is 6.36. The van der Waals surface area contributed by atoms with Crippen LogP contribution in [0.1, 0.15) is 6.42 Å². The Kier molecular flexibility index (Phi) is 4.41. The first kappa shape index (κ1) is 13.4. The highest BCUT2D eigenvalue weighted by Crippen LogP contribution is 2.29. The average molecular weight is 260 g/mol. The summed E-state index contributed by atoms with van der Waals surface area (Å²) in [5.74, 6) is 0.839. The van der Waals surface area contributed by atoms with Gasteiger partial charge in [0, 0.05) is 19.2 Å². The van der Waals surface area contributed by atoms with Crippen molar-refractivity contribution in [2.24, 2.45) is 12.8 Å². The minimum Gasteiger partial charge on any atom is -0.497 e. The number of nitrogens with two attached hydrogens (primary N) is 1. The summed E-state index contributed by atoms with van der Waals surface area (Å²) in [4.78, 5) is 0. The number of rotatable bonds is 6. The average Bonchev–Trinajstić information content (AvgIpc) is 2.80. The van der Waals surface area contributed by atoms with E-state index < -0.39 is 0 Å². The van der Waals surface area contributed by atoms with Gasteiger partial charge >= 0.3 is 0 Å². The van der Waals surface area contributed by atoms with Gasteiger partial charge in [0.2, 0.25) is 0 Å². The summed E-state index contributed by atoms with van der Waals surface area (Å²) in [7, 11) is 3.60. The number of nitrogens with zero attached hydrogens (tertiary/aromatic N) is 2. The Morgan fingerprint density at radius 3 is 3.00 bits per heavy atom. The van der Waals surface area contributed by atoms with Crippen LogP contribution in [0.2, 0.25) is 0 Å². The topological polar surface area (TPSA) is 65.1 Å². The molecule has 5 heteroatoms. The van der Waals surface area contributed by atoms with Gasteiger partial charge in [0.25, 0.3) is 0 Å². The lowest BCUT2D eigenvalue weighted by atomic mass is 10.1.